The quantitative estimate of drug-likeness (QED) is 0.376. The Morgan fingerprint density at radius 3 is 1.67 bits per heavy atom. The number of hydrogen-bond donors (Lipinski definition) is 1. The number of aliphatic carboxylic acids is 1. The fraction of sp³-hybridized carbons (Fsp3) is 0.143. The van der Waals surface area contributed by atoms with Gasteiger partial charge in [-0.1, -0.05) is 13.2 Å². The number of carboxylic acid groups (broad SMARTS) is 1. The van der Waals surface area contributed by atoms with Crippen molar-refractivity contribution in [2.45, 2.75) is 0 Å². The van der Waals surface area contributed by atoms with E-state index in [0.29, 0.717) is 0 Å². The minimum Gasteiger partial charge on any atom is -0.478 e. The van der Waals surface area contributed by atoms with Crippen molar-refractivity contribution in [2.75, 3.05) is 7.11 Å². The van der Waals surface area contributed by atoms with Crippen LogP contribution in [-0.4, -0.2) is 53.7 Å². The zero-order valence-electron chi connectivity index (χ0n) is 7.24. The molecule has 12 heavy (non-hydrogen) atoms. The van der Waals surface area contributed by atoms with Gasteiger partial charge in [0, 0.05) is 41.7 Å². The molecule has 0 aliphatic heterocycles. The summed E-state index contributed by atoms with van der Waals surface area (Å²) in [6.07, 6.45) is 1.94. The van der Waals surface area contributed by atoms with E-state index in [2.05, 4.69) is 17.9 Å². The van der Waals surface area contributed by atoms with E-state index in [4.69, 9.17) is 5.11 Å². The minimum atomic E-state index is -0.981. The summed E-state index contributed by atoms with van der Waals surface area (Å²) in [5, 5.41) is 7.60. The summed E-state index contributed by atoms with van der Waals surface area (Å²) in [5.74, 6) is -1.37. The van der Waals surface area contributed by atoms with Crippen LogP contribution in [0, 0.1) is 0 Å². The fourth-order valence-corrected chi connectivity index (χ4v) is 0.0833. The Labute approximate surface area is 93.2 Å². The number of rotatable bonds is 2. The zero-order chi connectivity index (χ0) is 9.28. The molecular weight excluding hydrogens is 171 g/mol. The number of esters is 1. The molecule has 63 valence electrons. The Kier molecular flexibility index (Phi) is 19.0. The molecule has 0 aromatic rings. The molecule has 4 nitrogen and oxygen atoms in total. The van der Waals surface area contributed by atoms with Crippen molar-refractivity contribution in [3.63, 3.8) is 0 Å². The molecule has 0 aromatic carbocycles. The van der Waals surface area contributed by atoms with Gasteiger partial charge in [-0.15, -0.1) is 0 Å². The first-order valence-corrected chi connectivity index (χ1v) is 2.64. The van der Waals surface area contributed by atoms with E-state index >= 15 is 0 Å². The number of ether oxygens (including phenoxy) is 1. The van der Waals surface area contributed by atoms with Crippen LogP contribution in [0.15, 0.2) is 25.3 Å². The second kappa shape index (κ2) is 13.0. The Balaban J connectivity index is -0.000000126. The van der Waals surface area contributed by atoms with E-state index in [1.165, 1.54) is 7.11 Å². The van der Waals surface area contributed by atoms with Gasteiger partial charge in [0.15, 0.2) is 0 Å². The molecule has 0 spiro atoms. The van der Waals surface area contributed by atoms with E-state index in [1.807, 2.05) is 0 Å². The van der Waals surface area contributed by atoms with Gasteiger partial charge in [-0.3, -0.25) is 0 Å². The minimum absolute atomic E-state index is 0. The van der Waals surface area contributed by atoms with Gasteiger partial charge in [0.25, 0.3) is 0 Å². The largest absolute Gasteiger partial charge is 0.478 e. The average Bonchev–Trinajstić information content (AvgIpc) is 2.04. The van der Waals surface area contributed by atoms with Gasteiger partial charge in [-0.05, 0) is 0 Å². The van der Waals surface area contributed by atoms with Crippen LogP contribution in [0.1, 0.15) is 0 Å². The van der Waals surface area contributed by atoms with Crippen molar-refractivity contribution < 1.29 is 19.4 Å². The van der Waals surface area contributed by atoms with Crippen LogP contribution in [-0.2, 0) is 14.3 Å². The molecule has 0 unspecified atom stereocenters. The Hall–Kier alpha value is -0.580. The zero-order valence-corrected chi connectivity index (χ0v) is 9.24. The van der Waals surface area contributed by atoms with Crippen molar-refractivity contribution in [3.8, 4) is 0 Å². The van der Waals surface area contributed by atoms with Gasteiger partial charge in [0.2, 0.25) is 0 Å². The van der Waals surface area contributed by atoms with E-state index in [0.717, 1.165) is 12.2 Å². The number of carboxylic acids is 1. The van der Waals surface area contributed by atoms with Gasteiger partial charge in [-0.25, -0.2) is 9.59 Å². The molecule has 0 bridgehead atoms. The van der Waals surface area contributed by atoms with Gasteiger partial charge < -0.3 is 9.84 Å². The number of methoxy groups -OCH3 is 1. The second-order valence-corrected chi connectivity index (χ2v) is 1.27. The van der Waals surface area contributed by atoms with Crippen LogP contribution in [0.5, 0.6) is 0 Å². The first-order chi connectivity index (χ1) is 5.08. The van der Waals surface area contributed by atoms with Crippen molar-refractivity contribution in [1.82, 2.24) is 0 Å². The summed E-state index contributed by atoms with van der Waals surface area (Å²) >= 11 is 0. The molecule has 0 heterocycles. The van der Waals surface area contributed by atoms with Gasteiger partial charge in [0.05, 0.1) is 7.11 Å². The predicted octanol–water partition coefficient (Wildman–Crippen LogP) is 0.222. The molecule has 0 rings (SSSR count). The standard InChI is InChI=1S/C4H6O2.C3H4O2.Na/c1-3-4(5)6-2;1-2-3(4)5;/h3H,1H2,2H3;2H,1H2,(H,4,5);. The second-order valence-electron chi connectivity index (χ2n) is 1.27. The first kappa shape index (κ1) is 17.5. The molecule has 0 saturated heterocycles. The van der Waals surface area contributed by atoms with Crippen molar-refractivity contribution in [2.24, 2.45) is 0 Å². The van der Waals surface area contributed by atoms with Crippen molar-refractivity contribution >= 4 is 41.5 Å². The number of carbonyl (C=O) groups excluding carboxylic acids is 1. The van der Waals surface area contributed by atoms with E-state index in [1.54, 1.807) is 0 Å². The van der Waals surface area contributed by atoms with Crippen LogP contribution in [0.25, 0.3) is 0 Å². The fourth-order valence-electron chi connectivity index (χ4n) is 0.0833. The van der Waals surface area contributed by atoms with E-state index < -0.39 is 11.9 Å². The van der Waals surface area contributed by atoms with Crippen LogP contribution in [0.2, 0.25) is 0 Å². The maximum absolute atomic E-state index is 9.84. The Morgan fingerprint density at radius 2 is 1.67 bits per heavy atom. The van der Waals surface area contributed by atoms with Crippen LogP contribution < -0.4 is 0 Å². The monoisotopic (exact) mass is 181 g/mol. The number of carbonyl (C=O) groups is 2. The Bertz CT molecular complexity index is 165. The SMILES string of the molecule is C=CC(=O)O.C=CC(=O)OC.[Na]. The average molecular weight is 181 g/mol. The molecule has 0 saturated carbocycles. The van der Waals surface area contributed by atoms with Gasteiger partial charge >= 0.3 is 11.9 Å². The third kappa shape index (κ3) is 22.7. The molecule has 0 aliphatic rings. The van der Waals surface area contributed by atoms with Crippen LogP contribution >= 0.6 is 0 Å². The van der Waals surface area contributed by atoms with E-state index in [9.17, 15) is 9.59 Å². The van der Waals surface area contributed by atoms with Gasteiger partial charge in [0.1, 0.15) is 0 Å². The molecule has 5 heteroatoms. The van der Waals surface area contributed by atoms with Gasteiger partial charge in [-0.2, -0.15) is 0 Å². The molecule has 1 radical (unpaired) electrons. The summed E-state index contributed by atoms with van der Waals surface area (Å²) in [6, 6.07) is 0. The molecular formula is C7H10NaO4. The predicted molar refractivity (Wildman–Crippen MR) is 45.8 cm³/mol. The van der Waals surface area contributed by atoms with Crippen LogP contribution in [0.4, 0.5) is 0 Å². The molecule has 0 atom stereocenters. The molecule has 0 aliphatic carbocycles. The third-order valence-corrected chi connectivity index (χ3v) is 0.542. The molecule has 0 fully saturated rings. The van der Waals surface area contributed by atoms with Crippen LogP contribution in [0.3, 0.4) is 0 Å². The molecule has 1 N–H and O–H groups in total. The summed E-state index contributed by atoms with van der Waals surface area (Å²) in [5.41, 5.74) is 0. The molecule has 0 amide bonds. The third-order valence-electron chi connectivity index (χ3n) is 0.542. The topological polar surface area (TPSA) is 63.6 Å². The molecule has 0 aromatic heterocycles. The number of hydrogen-bond acceptors (Lipinski definition) is 3. The maximum atomic E-state index is 9.84. The first-order valence-electron chi connectivity index (χ1n) is 2.64. The summed E-state index contributed by atoms with van der Waals surface area (Å²) in [4.78, 5) is 19.1. The van der Waals surface area contributed by atoms with Crippen molar-refractivity contribution in [3.05, 3.63) is 25.3 Å². The smallest absolute Gasteiger partial charge is 0.329 e. The Morgan fingerprint density at radius 1 is 1.33 bits per heavy atom. The summed E-state index contributed by atoms with van der Waals surface area (Å²) < 4.78 is 4.14. The normalized spacial score (nSPS) is 6.08. The van der Waals surface area contributed by atoms with Crippen molar-refractivity contribution in [1.29, 1.82) is 0 Å². The summed E-state index contributed by atoms with van der Waals surface area (Å²) in [6.45, 7) is 6.12. The van der Waals surface area contributed by atoms with E-state index in [-0.39, 0.29) is 29.6 Å². The summed E-state index contributed by atoms with van der Waals surface area (Å²) in [7, 11) is 1.31. The maximum Gasteiger partial charge on any atom is 0.329 e.